The van der Waals surface area contributed by atoms with E-state index in [0.29, 0.717) is 11.5 Å². The number of carbonyl (C=O) groups is 1. The van der Waals surface area contributed by atoms with Crippen LogP contribution in [0, 0.1) is 18.7 Å². The van der Waals surface area contributed by atoms with Crippen molar-refractivity contribution >= 4 is 5.91 Å². The fraction of sp³-hybridized carbons (Fsp3) is 0.500. The van der Waals surface area contributed by atoms with Crippen LogP contribution in [0.1, 0.15) is 29.3 Å². The fourth-order valence-electron chi connectivity index (χ4n) is 2.38. The molecule has 0 spiro atoms. The highest BCUT2D eigenvalue weighted by molar-refractivity contribution is 5.94. The molecule has 2 rings (SSSR count). The van der Waals surface area contributed by atoms with Gasteiger partial charge in [-0.15, -0.1) is 0 Å². The molecule has 0 radical (unpaired) electrons. The topological polar surface area (TPSA) is 41.1 Å². The summed E-state index contributed by atoms with van der Waals surface area (Å²) in [6.07, 6.45) is 1.07. The van der Waals surface area contributed by atoms with Crippen molar-refractivity contribution in [3.8, 4) is 0 Å². The van der Waals surface area contributed by atoms with Crippen molar-refractivity contribution in [2.24, 2.45) is 5.92 Å². The Balaban J connectivity index is 2.02. The molecule has 1 aliphatic heterocycles. The van der Waals surface area contributed by atoms with Crippen LogP contribution < -0.4 is 10.6 Å². The van der Waals surface area contributed by atoms with E-state index in [9.17, 15) is 9.18 Å². The first-order valence-corrected chi connectivity index (χ1v) is 6.35. The predicted molar refractivity (Wildman–Crippen MR) is 69.0 cm³/mol. The van der Waals surface area contributed by atoms with E-state index in [2.05, 4.69) is 10.6 Å². The minimum absolute atomic E-state index is 0.107. The summed E-state index contributed by atoms with van der Waals surface area (Å²) in [5.74, 6) is -0.101. The maximum atomic E-state index is 13.2. The number of hydrogen-bond donors (Lipinski definition) is 2. The Morgan fingerprint density at radius 1 is 1.50 bits per heavy atom. The Morgan fingerprint density at radius 2 is 2.28 bits per heavy atom. The van der Waals surface area contributed by atoms with Gasteiger partial charge in [0.2, 0.25) is 0 Å². The molecular formula is C14H19FN2O. The molecule has 2 atom stereocenters. The predicted octanol–water partition coefficient (Wildman–Crippen LogP) is 1.86. The van der Waals surface area contributed by atoms with Crippen molar-refractivity contribution in [1.82, 2.24) is 10.6 Å². The molecule has 2 N–H and O–H groups in total. The van der Waals surface area contributed by atoms with E-state index in [1.165, 1.54) is 12.1 Å². The maximum Gasteiger partial charge on any atom is 0.251 e. The summed E-state index contributed by atoms with van der Waals surface area (Å²) >= 11 is 0. The third kappa shape index (κ3) is 3.07. The molecule has 0 bridgehead atoms. The van der Waals surface area contributed by atoms with Gasteiger partial charge in [-0.3, -0.25) is 4.79 Å². The molecule has 0 aliphatic carbocycles. The summed E-state index contributed by atoms with van der Waals surface area (Å²) < 4.78 is 13.2. The van der Waals surface area contributed by atoms with Crippen LogP contribution in [0.25, 0.3) is 0 Å². The Labute approximate surface area is 107 Å². The molecule has 1 fully saturated rings. The Bertz CT molecular complexity index is 421. The molecule has 1 aliphatic rings. The van der Waals surface area contributed by atoms with E-state index in [4.69, 9.17) is 0 Å². The lowest BCUT2D eigenvalue weighted by molar-refractivity contribution is 0.0928. The molecule has 0 aromatic heterocycles. The molecule has 18 heavy (non-hydrogen) atoms. The first-order valence-electron chi connectivity index (χ1n) is 6.35. The van der Waals surface area contributed by atoms with Crippen LogP contribution in [0.3, 0.4) is 0 Å². The minimum atomic E-state index is -0.365. The van der Waals surface area contributed by atoms with Gasteiger partial charge >= 0.3 is 0 Å². The molecular weight excluding hydrogens is 231 g/mol. The lowest BCUT2D eigenvalue weighted by Crippen LogP contribution is -2.39. The Hall–Kier alpha value is -1.42. The Kier molecular flexibility index (Phi) is 3.97. The van der Waals surface area contributed by atoms with E-state index in [0.717, 1.165) is 25.1 Å². The number of rotatable bonds is 3. The van der Waals surface area contributed by atoms with Gasteiger partial charge in [-0.1, -0.05) is 0 Å². The quantitative estimate of drug-likeness (QED) is 0.859. The van der Waals surface area contributed by atoms with Crippen molar-refractivity contribution < 1.29 is 9.18 Å². The van der Waals surface area contributed by atoms with Gasteiger partial charge in [0, 0.05) is 11.6 Å². The third-order valence-corrected chi connectivity index (χ3v) is 3.47. The van der Waals surface area contributed by atoms with E-state index in [1.54, 1.807) is 13.0 Å². The lowest BCUT2D eigenvalue weighted by Gasteiger charge is -2.19. The van der Waals surface area contributed by atoms with Crippen molar-refractivity contribution in [1.29, 1.82) is 0 Å². The lowest BCUT2D eigenvalue weighted by atomic mass is 10.00. The van der Waals surface area contributed by atoms with Gasteiger partial charge in [-0.05, 0) is 63.0 Å². The molecule has 1 saturated heterocycles. The molecule has 1 heterocycles. The van der Waals surface area contributed by atoms with Crippen molar-refractivity contribution in [2.75, 3.05) is 13.1 Å². The largest absolute Gasteiger partial charge is 0.349 e. The molecule has 0 saturated carbocycles. The Morgan fingerprint density at radius 3 is 2.89 bits per heavy atom. The molecule has 3 nitrogen and oxygen atoms in total. The minimum Gasteiger partial charge on any atom is -0.349 e. The number of carbonyl (C=O) groups excluding carboxylic acids is 1. The first kappa shape index (κ1) is 13.0. The van der Waals surface area contributed by atoms with Crippen molar-refractivity contribution in [3.63, 3.8) is 0 Å². The van der Waals surface area contributed by atoms with Gasteiger partial charge in [0.25, 0.3) is 5.91 Å². The van der Waals surface area contributed by atoms with Gasteiger partial charge in [-0.25, -0.2) is 4.39 Å². The van der Waals surface area contributed by atoms with Crippen LogP contribution in [-0.2, 0) is 0 Å². The number of amides is 1. The highest BCUT2D eigenvalue weighted by Crippen LogP contribution is 2.14. The second-order valence-electron chi connectivity index (χ2n) is 5.03. The van der Waals surface area contributed by atoms with Crippen LogP contribution in [0.15, 0.2) is 18.2 Å². The summed E-state index contributed by atoms with van der Waals surface area (Å²) in [5, 5.41) is 6.22. The zero-order valence-corrected chi connectivity index (χ0v) is 10.8. The third-order valence-electron chi connectivity index (χ3n) is 3.47. The molecule has 1 amide bonds. The maximum absolute atomic E-state index is 13.2. The van der Waals surface area contributed by atoms with E-state index in [1.807, 2.05) is 6.92 Å². The molecule has 2 unspecified atom stereocenters. The van der Waals surface area contributed by atoms with E-state index in [-0.39, 0.29) is 17.8 Å². The van der Waals surface area contributed by atoms with Gasteiger partial charge in [0.1, 0.15) is 5.82 Å². The van der Waals surface area contributed by atoms with Gasteiger partial charge in [-0.2, -0.15) is 0 Å². The zero-order valence-electron chi connectivity index (χ0n) is 10.8. The van der Waals surface area contributed by atoms with Crippen molar-refractivity contribution in [2.45, 2.75) is 26.3 Å². The zero-order chi connectivity index (χ0) is 13.1. The van der Waals surface area contributed by atoms with E-state index >= 15 is 0 Å². The van der Waals surface area contributed by atoms with Gasteiger partial charge in [0.05, 0.1) is 0 Å². The normalized spacial score (nSPS) is 20.7. The monoisotopic (exact) mass is 250 g/mol. The summed E-state index contributed by atoms with van der Waals surface area (Å²) in [4.78, 5) is 12.0. The van der Waals surface area contributed by atoms with E-state index < -0.39 is 0 Å². The number of nitrogens with one attached hydrogen (secondary N) is 2. The summed E-state index contributed by atoms with van der Waals surface area (Å²) in [5.41, 5.74) is 1.15. The average molecular weight is 250 g/mol. The van der Waals surface area contributed by atoms with Crippen LogP contribution in [-0.4, -0.2) is 25.0 Å². The number of aryl methyl sites for hydroxylation is 1. The highest BCUT2D eigenvalue weighted by atomic mass is 19.1. The first-order chi connectivity index (χ1) is 8.56. The van der Waals surface area contributed by atoms with Crippen LogP contribution >= 0.6 is 0 Å². The second-order valence-corrected chi connectivity index (χ2v) is 5.03. The molecule has 4 heteroatoms. The van der Waals surface area contributed by atoms with Gasteiger partial charge in [0.15, 0.2) is 0 Å². The SMILES string of the molecule is Cc1cc(F)cc(C(=O)NC(C)C2CCNC2)c1. The fourth-order valence-corrected chi connectivity index (χ4v) is 2.38. The smallest absolute Gasteiger partial charge is 0.251 e. The number of halogens is 1. The van der Waals surface area contributed by atoms with Gasteiger partial charge < -0.3 is 10.6 Å². The summed E-state index contributed by atoms with van der Waals surface area (Å²) in [7, 11) is 0. The van der Waals surface area contributed by atoms with Crippen molar-refractivity contribution in [3.05, 3.63) is 35.1 Å². The van der Waals surface area contributed by atoms with Crippen LogP contribution in [0.5, 0.6) is 0 Å². The molecule has 1 aromatic carbocycles. The molecule has 98 valence electrons. The van der Waals surface area contributed by atoms with Crippen LogP contribution in [0.4, 0.5) is 4.39 Å². The average Bonchev–Trinajstić information content (AvgIpc) is 2.80. The number of hydrogen-bond acceptors (Lipinski definition) is 2. The second kappa shape index (κ2) is 5.48. The summed E-state index contributed by atoms with van der Waals surface area (Å²) in [6, 6.07) is 4.51. The molecule has 1 aromatic rings. The standard InChI is InChI=1S/C14H19FN2O/c1-9-5-12(7-13(15)6-9)14(18)17-10(2)11-3-4-16-8-11/h5-7,10-11,16H,3-4,8H2,1-2H3,(H,17,18). The highest BCUT2D eigenvalue weighted by Gasteiger charge is 2.23. The summed E-state index contributed by atoms with van der Waals surface area (Å²) in [6.45, 7) is 5.72. The number of benzene rings is 1. The van der Waals surface area contributed by atoms with Crippen LogP contribution in [0.2, 0.25) is 0 Å².